The van der Waals surface area contributed by atoms with Gasteiger partial charge in [0, 0.05) is 37.2 Å². The Hall–Kier alpha value is -3.16. The quantitative estimate of drug-likeness (QED) is 0.847. The van der Waals surface area contributed by atoms with Crippen molar-refractivity contribution >= 4 is 29.2 Å². The summed E-state index contributed by atoms with van der Waals surface area (Å²) < 4.78 is 4.96. The molecule has 3 amide bonds. The molecule has 2 aromatic rings. The van der Waals surface area contributed by atoms with Crippen LogP contribution in [-0.4, -0.2) is 40.9 Å². The van der Waals surface area contributed by atoms with Gasteiger partial charge in [-0.1, -0.05) is 23.4 Å². The van der Waals surface area contributed by atoms with E-state index in [0.29, 0.717) is 43.2 Å². The lowest BCUT2D eigenvalue weighted by Gasteiger charge is -2.35. The van der Waals surface area contributed by atoms with E-state index in [2.05, 4.69) is 15.8 Å². The van der Waals surface area contributed by atoms with Crippen molar-refractivity contribution in [1.82, 2.24) is 10.1 Å². The molecule has 3 heterocycles. The van der Waals surface area contributed by atoms with E-state index < -0.39 is 5.92 Å². The van der Waals surface area contributed by atoms with Gasteiger partial charge in [-0.15, -0.1) is 0 Å². The molecule has 0 saturated carbocycles. The monoisotopic (exact) mass is 382 g/mol. The molecule has 2 aliphatic rings. The molecule has 1 aromatic heterocycles. The highest BCUT2D eigenvalue weighted by Crippen LogP contribution is 2.34. The lowest BCUT2D eigenvalue weighted by Crippen LogP contribution is -2.44. The van der Waals surface area contributed by atoms with Crippen molar-refractivity contribution in [2.45, 2.75) is 32.1 Å². The molecular formula is C20H22N4O4. The van der Waals surface area contributed by atoms with Gasteiger partial charge in [0.15, 0.2) is 5.82 Å². The molecule has 146 valence electrons. The van der Waals surface area contributed by atoms with Gasteiger partial charge in [-0.3, -0.25) is 14.4 Å². The van der Waals surface area contributed by atoms with E-state index in [4.69, 9.17) is 4.52 Å². The number of nitrogens with one attached hydrogen (secondary N) is 2. The average Bonchev–Trinajstić information content (AvgIpc) is 3.11. The van der Waals surface area contributed by atoms with Crippen LogP contribution in [0.3, 0.4) is 0 Å². The van der Waals surface area contributed by atoms with Crippen LogP contribution in [0.15, 0.2) is 34.9 Å². The van der Waals surface area contributed by atoms with Gasteiger partial charge in [0.05, 0.1) is 5.92 Å². The number of para-hydroxylation sites is 1. The highest BCUT2D eigenvalue weighted by molar-refractivity contribution is 6.01. The van der Waals surface area contributed by atoms with Crippen LogP contribution >= 0.6 is 0 Å². The number of benzene rings is 1. The number of nitrogens with zero attached hydrogens (tertiary/aromatic N) is 2. The van der Waals surface area contributed by atoms with Crippen molar-refractivity contribution < 1.29 is 18.9 Å². The molecule has 8 heteroatoms. The van der Waals surface area contributed by atoms with Crippen molar-refractivity contribution in [3.05, 3.63) is 41.7 Å². The van der Waals surface area contributed by atoms with Crippen molar-refractivity contribution in [2.75, 3.05) is 23.7 Å². The van der Waals surface area contributed by atoms with Crippen LogP contribution in [0.5, 0.6) is 0 Å². The third-order valence-corrected chi connectivity index (χ3v) is 5.35. The van der Waals surface area contributed by atoms with Gasteiger partial charge >= 0.3 is 0 Å². The minimum Gasteiger partial charge on any atom is -0.360 e. The molecule has 8 nitrogen and oxygen atoms in total. The summed E-state index contributed by atoms with van der Waals surface area (Å²) in [7, 11) is 0. The second kappa shape index (κ2) is 7.46. The van der Waals surface area contributed by atoms with Crippen molar-refractivity contribution in [2.24, 2.45) is 5.92 Å². The number of piperidine rings is 1. The molecule has 1 unspecified atom stereocenters. The average molecular weight is 382 g/mol. The van der Waals surface area contributed by atoms with E-state index in [0.717, 1.165) is 5.56 Å². The summed E-state index contributed by atoms with van der Waals surface area (Å²) in [5.74, 6) is 0.0973. The van der Waals surface area contributed by atoms with Gasteiger partial charge in [0.1, 0.15) is 5.76 Å². The molecule has 0 radical (unpaired) electrons. The fraction of sp³-hybridized carbons (Fsp3) is 0.400. The number of rotatable bonds is 3. The SMILES string of the molecule is Cc1cc(NC(=O)C2CCN(C(=O)C3CC(=O)Nc4ccccc43)CC2)no1. The van der Waals surface area contributed by atoms with Crippen LogP contribution in [-0.2, 0) is 14.4 Å². The molecule has 1 atom stereocenters. The third kappa shape index (κ3) is 3.62. The molecule has 1 fully saturated rings. The summed E-state index contributed by atoms with van der Waals surface area (Å²) in [6, 6.07) is 9.08. The van der Waals surface area contributed by atoms with E-state index in [9.17, 15) is 14.4 Å². The van der Waals surface area contributed by atoms with Crippen LogP contribution in [0.1, 0.15) is 36.5 Å². The zero-order valence-corrected chi connectivity index (χ0v) is 15.6. The minimum absolute atomic E-state index is 0.0479. The van der Waals surface area contributed by atoms with Crippen LogP contribution in [0.25, 0.3) is 0 Å². The Bertz CT molecular complexity index is 914. The number of aromatic nitrogens is 1. The fourth-order valence-corrected chi connectivity index (χ4v) is 3.87. The van der Waals surface area contributed by atoms with E-state index in [1.165, 1.54) is 0 Å². The van der Waals surface area contributed by atoms with Gasteiger partial charge in [-0.05, 0) is 31.4 Å². The highest BCUT2D eigenvalue weighted by atomic mass is 16.5. The summed E-state index contributed by atoms with van der Waals surface area (Å²) in [4.78, 5) is 39.2. The first kappa shape index (κ1) is 18.2. The molecule has 0 bridgehead atoms. The van der Waals surface area contributed by atoms with Crippen molar-refractivity contribution in [3.8, 4) is 0 Å². The van der Waals surface area contributed by atoms with E-state index in [-0.39, 0.29) is 30.1 Å². The Kier molecular flexibility index (Phi) is 4.85. The topological polar surface area (TPSA) is 105 Å². The Labute approximate surface area is 162 Å². The van der Waals surface area contributed by atoms with Gasteiger partial charge in [0.25, 0.3) is 0 Å². The minimum atomic E-state index is -0.464. The molecule has 4 rings (SSSR count). The zero-order valence-electron chi connectivity index (χ0n) is 15.6. The van der Waals surface area contributed by atoms with Crippen molar-refractivity contribution in [1.29, 1.82) is 0 Å². The molecule has 28 heavy (non-hydrogen) atoms. The molecule has 1 saturated heterocycles. The zero-order chi connectivity index (χ0) is 19.7. The van der Waals surface area contributed by atoms with Gasteiger partial charge in [0.2, 0.25) is 17.7 Å². The molecular weight excluding hydrogens is 360 g/mol. The number of likely N-dealkylation sites (tertiary alicyclic amines) is 1. The lowest BCUT2D eigenvalue weighted by molar-refractivity contribution is -0.137. The number of amides is 3. The third-order valence-electron chi connectivity index (χ3n) is 5.35. The number of aryl methyl sites for hydroxylation is 1. The second-order valence-corrected chi connectivity index (χ2v) is 7.30. The predicted molar refractivity (Wildman–Crippen MR) is 102 cm³/mol. The lowest BCUT2D eigenvalue weighted by atomic mass is 9.88. The van der Waals surface area contributed by atoms with Gasteiger partial charge in [-0.25, -0.2) is 0 Å². The van der Waals surface area contributed by atoms with Crippen LogP contribution < -0.4 is 10.6 Å². The summed E-state index contributed by atoms with van der Waals surface area (Å²) >= 11 is 0. The standard InChI is InChI=1S/C20H22N4O4/c1-12-10-17(23-28-12)22-19(26)13-6-8-24(9-7-13)20(27)15-11-18(25)21-16-5-3-2-4-14(15)16/h2-5,10,13,15H,6-9,11H2,1H3,(H,21,25)(H,22,23,26). The highest BCUT2D eigenvalue weighted by Gasteiger charge is 2.35. The second-order valence-electron chi connectivity index (χ2n) is 7.30. The van der Waals surface area contributed by atoms with Gasteiger partial charge < -0.3 is 20.1 Å². The summed E-state index contributed by atoms with van der Waals surface area (Å²) in [6.07, 6.45) is 1.31. The van der Waals surface area contributed by atoms with E-state index in [1.54, 1.807) is 17.9 Å². The maximum atomic E-state index is 13.1. The van der Waals surface area contributed by atoms with Crippen LogP contribution in [0, 0.1) is 12.8 Å². The Morgan fingerprint density at radius 3 is 2.71 bits per heavy atom. The smallest absolute Gasteiger partial charge is 0.230 e. The number of fused-ring (bicyclic) bond motifs is 1. The first-order valence-corrected chi connectivity index (χ1v) is 9.43. The maximum Gasteiger partial charge on any atom is 0.230 e. The Morgan fingerprint density at radius 1 is 1.25 bits per heavy atom. The molecule has 0 aliphatic carbocycles. The number of carbonyl (C=O) groups is 3. The number of carbonyl (C=O) groups excluding carboxylic acids is 3. The summed E-state index contributed by atoms with van der Waals surface area (Å²) in [6.45, 7) is 2.75. The first-order chi connectivity index (χ1) is 13.5. The maximum absolute atomic E-state index is 13.1. The largest absolute Gasteiger partial charge is 0.360 e. The van der Waals surface area contributed by atoms with Crippen molar-refractivity contribution in [3.63, 3.8) is 0 Å². The van der Waals surface area contributed by atoms with Gasteiger partial charge in [-0.2, -0.15) is 0 Å². The number of hydrogen-bond donors (Lipinski definition) is 2. The van der Waals surface area contributed by atoms with Crippen LogP contribution in [0.2, 0.25) is 0 Å². The number of anilines is 2. The van der Waals surface area contributed by atoms with Crippen LogP contribution in [0.4, 0.5) is 11.5 Å². The summed E-state index contributed by atoms with van der Waals surface area (Å²) in [5.41, 5.74) is 1.56. The number of hydrogen-bond acceptors (Lipinski definition) is 5. The van der Waals surface area contributed by atoms with E-state index in [1.807, 2.05) is 24.3 Å². The Balaban J connectivity index is 1.38. The first-order valence-electron chi connectivity index (χ1n) is 9.43. The van der Waals surface area contributed by atoms with E-state index >= 15 is 0 Å². The summed E-state index contributed by atoms with van der Waals surface area (Å²) in [5, 5.41) is 9.35. The molecule has 0 spiro atoms. The fourth-order valence-electron chi connectivity index (χ4n) is 3.87. The predicted octanol–water partition coefficient (Wildman–Crippen LogP) is 2.29. The molecule has 1 aromatic carbocycles. The molecule has 2 aliphatic heterocycles. The normalized spacial score (nSPS) is 19.7. The molecule has 2 N–H and O–H groups in total. The Morgan fingerprint density at radius 2 is 2.00 bits per heavy atom.